The van der Waals surface area contributed by atoms with Gasteiger partial charge < -0.3 is 14.2 Å². The Morgan fingerprint density at radius 3 is 0.835 bits per heavy atom. The van der Waals surface area contributed by atoms with Crippen LogP contribution in [0.25, 0.3) is 0 Å². The second kappa shape index (κ2) is 66.1. The van der Waals surface area contributed by atoms with E-state index in [2.05, 4.69) is 154 Å². The van der Waals surface area contributed by atoms with Gasteiger partial charge in [-0.05, 0) is 135 Å². The van der Waals surface area contributed by atoms with Gasteiger partial charge in [0.05, 0.1) is 0 Å². The fourth-order valence-electron chi connectivity index (χ4n) is 8.73. The smallest absolute Gasteiger partial charge is 0.306 e. The molecule has 6 heteroatoms. The van der Waals surface area contributed by atoms with Crippen molar-refractivity contribution in [2.45, 2.75) is 297 Å². The summed E-state index contributed by atoms with van der Waals surface area (Å²) in [6.07, 6.45) is 93.2. The first kappa shape index (κ1) is 74.5. The molecule has 0 amide bonds. The Bertz CT molecular complexity index is 1680. The molecule has 0 rings (SSSR count). The minimum Gasteiger partial charge on any atom is -0.462 e. The van der Waals surface area contributed by atoms with Crippen molar-refractivity contribution < 1.29 is 28.6 Å². The summed E-state index contributed by atoms with van der Waals surface area (Å²) in [7, 11) is 0. The largest absolute Gasteiger partial charge is 0.462 e. The van der Waals surface area contributed by atoms with E-state index in [9.17, 15) is 14.4 Å². The third-order valence-electron chi connectivity index (χ3n) is 13.6. The van der Waals surface area contributed by atoms with E-state index in [1.54, 1.807) is 0 Å². The highest BCUT2D eigenvalue weighted by Crippen LogP contribution is 2.15. The number of allylic oxidation sites excluding steroid dienone is 22. The van der Waals surface area contributed by atoms with Gasteiger partial charge in [-0.15, -0.1) is 0 Å². The molecule has 0 aliphatic heterocycles. The Hall–Kier alpha value is -4.45. The molecule has 0 radical (unpaired) electrons. The molecule has 0 aromatic carbocycles. The van der Waals surface area contributed by atoms with Crippen LogP contribution in [-0.4, -0.2) is 37.2 Å². The van der Waals surface area contributed by atoms with Gasteiger partial charge in [0.1, 0.15) is 13.2 Å². The van der Waals surface area contributed by atoms with Crippen LogP contribution >= 0.6 is 0 Å². The van der Waals surface area contributed by atoms with Gasteiger partial charge in [-0.1, -0.05) is 270 Å². The number of unbranched alkanes of at least 4 members (excludes halogenated alkanes) is 25. The van der Waals surface area contributed by atoms with Crippen LogP contribution in [0.1, 0.15) is 290 Å². The van der Waals surface area contributed by atoms with E-state index in [1.165, 1.54) is 128 Å². The average Bonchev–Trinajstić information content (AvgIpc) is 3.45. The lowest BCUT2D eigenvalue weighted by molar-refractivity contribution is -0.167. The first-order chi connectivity index (χ1) is 39.0. The minimum absolute atomic E-state index is 0.104. The fraction of sp³-hybridized carbons (Fsp3) is 0.658. The van der Waals surface area contributed by atoms with Crippen molar-refractivity contribution in [2.24, 2.45) is 0 Å². The Morgan fingerprint density at radius 1 is 0.266 bits per heavy atom. The zero-order valence-corrected chi connectivity index (χ0v) is 51.3. The summed E-state index contributed by atoms with van der Waals surface area (Å²) in [5.74, 6) is -0.976. The summed E-state index contributed by atoms with van der Waals surface area (Å²) in [6, 6.07) is 0. The third kappa shape index (κ3) is 64.3. The maximum atomic E-state index is 12.9. The van der Waals surface area contributed by atoms with E-state index in [0.29, 0.717) is 19.3 Å². The number of carbonyl (C=O) groups is 3. The van der Waals surface area contributed by atoms with Gasteiger partial charge in [0.2, 0.25) is 0 Å². The van der Waals surface area contributed by atoms with Gasteiger partial charge in [-0.25, -0.2) is 0 Å². The second-order valence-electron chi connectivity index (χ2n) is 21.3. The lowest BCUT2D eigenvalue weighted by Crippen LogP contribution is -2.30. The van der Waals surface area contributed by atoms with Crippen LogP contribution in [0.2, 0.25) is 0 Å². The van der Waals surface area contributed by atoms with E-state index >= 15 is 0 Å². The van der Waals surface area contributed by atoms with Crippen LogP contribution in [0.4, 0.5) is 0 Å². The maximum absolute atomic E-state index is 12.9. The zero-order valence-electron chi connectivity index (χ0n) is 51.3. The molecule has 1 unspecified atom stereocenters. The SMILES string of the molecule is CC/C=C\C/C=C\C/C=C\C/C=C\C/C=C\C/C=C\C/C=C\C/C=C\C/C=C\CCCC(=O)OCC(COC(=O)CCCCCCC/C=C\CCCCCCCC)OC(=O)CCCCCCCCC/C=C\CCCCCCCC. The van der Waals surface area contributed by atoms with Gasteiger partial charge in [0.25, 0.3) is 0 Å². The van der Waals surface area contributed by atoms with E-state index in [1.807, 2.05) is 0 Å². The van der Waals surface area contributed by atoms with Crippen LogP contribution in [0.5, 0.6) is 0 Å². The van der Waals surface area contributed by atoms with Gasteiger partial charge >= 0.3 is 17.9 Å². The standard InChI is InChI=1S/C73H120O6/c1-4-7-10-13-16-19-22-25-28-30-31-32-33-34-35-36-37-38-39-40-41-43-45-48-51-54-57-60-63-66-72(75)78-69-70(68-77-71(74)65-62-59-56-53-50-47-44-27-24-21-18-15-12-9-6-3)79-73(76)67-64-61-58-55-52-49-46-42-29-26-23-20-17-14-11-8-5-2/h7,10,16,19,25-29,31-32,34-35,37-38,40-41,44-45,48,54,57,70H,4-6,8-9,11-15,17-18,20-24,30,33,36,39,42-43,46-47,49-53,55-56,58-69H2,1-3H3/b10-7-,19-16-,28-25-,29-26-,32-31-,35-34-,38-37-,41-40-,44-27-,48-45-,57-54-. The predicted molar refractivity (Wildman–Crippen MR) is 343 cm³/mol. The molecule has 1 atom stereocenters. The Morgan fingerprint density at radius 2 is 0.506 bits per heavy atom. The van der Waals surface area contributed by atoms with Crippen LogP contribution in [0.3, 0.4) is 0 Å². The molecule has 0 saturated heterocycles. The number of hydrogen-bond acceptors (Lipinski definition) is 6. The molecule has 448 valence electrons. The Kier molecular flexibility index (Phi) is 62.3. The molecule has 0 aliphatic carbocycles. The van der Waals surface area contributed by atoms with Crippen molar-refractivity contribution in [2.75, 3.05) is 13.2 Å². The number of hydrogen-bond donors (Lipinski definition) is 0. The number of rotatable bonds is 58. The van der Waals surface area contributed by atoms with Crippen LogP contribution in [0.15, 0.2) is 134 Å². The highest BCUT2D eigenvalue weighted by atomic mass is 16.6. The van der Waals surface area contributed by atoms with Crippen molar-refractivity contribution in [1.29, 1.82) is 0 Å². The molecule has 0 bridgehead atoms. The van der Waals surface area contributed by atoms with Crippen molar-refractivity contribution in [1.82, 2.24) is 0 Å². The van der Waals surface area contributed by atoms with Crippen molar-refractivity contribution >= 4 is 17.9 Å². The summed E-state index contributed by atoms with van der Waals surface area (Å²) < 4.78 is 16.9. The summed E-state index contributed by atoms with van der Waals surface area (Å²) in [4.78, 5) is 38.3. The first-order valence-corrected chi connectivity index (χ1v) is 32.7. The lowest BCUT2D eigenvalue weighted by Gasteiger charge is -2.18. The summed E-state index contributed by atoms with van der Waals surface area (Å²) in [6.45, 7) is 6.47. The molecular weight excluding hydrogens is 973 g/mol. The molecule has 0 aliphatic rings. The summed E-state index contributed by atoms with van der Waals surface area (Å²) in [5, 5.41) is 0. The van der Waals surface area contributed by atoms with Crippen LogP contribution in [0, 0.1) is 0 Å². The Labute approximate surface area is 487 Å². The van der Waals surface area contributed by atoms with Crippen LogP contribution < -0.4 is 0 Å². The quantitative estimate of drug-likeness (QED) is 0.0261. The molecule has 0 N–H and O–H groups in total. The Balaban J connectivity index is 4.47. The molecule has 0 aromatic rings. The molecule has 79 heavy (non-hydrogen) atoms. The van der Waals surface area contributed by atoms with Gasteiger partial charge in [-0.2, -0.15) is 0 Å². The molecule has 0 fully saturated rings. The minimum atomic E-state index is -0.812. The summed E-state index contributed by atoms with van der Waals surface area (Å²) >= 11 is 0. The summed E-state index contributed by atoms with van der Waals surface area (Å²) in [5.41, 5.74) is 0. The van der Waals surface area contributed by atoms with E-state index < -0.39 is 6.10 Å². The number of esters is 3. The highest BCUT2D eigenvalue weighted by molar-refractivity contribution is 5.71. The van der Waals surface area contributed by atoms with Crippen LogP contribution in [-0.2, 0) is 28.6 Å². The lowest BCUT2D eigenvalue weighted by atomic mass is 10.1. The fourth-order valence-corrected chi connectivity index (χ4v) is 8.73. The number of ether oxygens (including phenoxy) is 3. The van der Waals surface area contributed by atoms with E-state index in [-0.39, 0.29) is 37.5 Å². The normalized spacial score (nSPS) is 13.0. The van der Waals surface area contributed by atoms with Gasteiger partial charge in [-0.3, -0.25) is 14.4 Å². The second-order valence-corrected chi connectivity index (χ2v) is 21.3. The zero-order chi connectivity index (χ0) is 57.1. The van der Waals surface area contributed by atoms with E-state index in [4.69, 9.17) is 14.2 Å². The average molecular weight is 1090 g/mol. The molecule has 0 spiro atoms. The molecular formula is C73H120O6. The van der Waals surface area contributed by atoms with Crippen molar-refractivity contribution in [3.05, 3.63) is 134 Å². The van der Waals surface area contributed by atoms with Gasteiger partial charge in [0.15, 0.2) is 6.10 Å². The van der Waals surface area contributed by atoms with Gasteiger partial charge in [0, 0.05) is 19.3 Å². The molecule has 0 aromatic heterocycles. The predicted octanol–water partition coefficient (Wildman–Crippen LogP) is 22.5. The monoisotopic (exact) mass is 1090 g/mol. The molecule has 0 heterocycles. The molecule has 0 saturated carbocycles. The van der Waals surface area contributed by atoms with Crippen molar-refractivity contribution in [3.8, 4) is 0 Å². The molecule has 6 nitrogen and oxygen atoms in total. The highest BCUT2D eigenvalue weighted by Gasteiger charge is 2.19. The van der Waals surface area contributed by atoms with E-state index in [0.717, 1.165) is 116 Å². The first-order valence-electron chi connectivity index (χ1n) is 32.7. The topological polar surface area (TPSA) is 78.9 Å². The van der Waals surface area contributed by atoms with Crippen molar-refractivity contribution in [3.63, 3.8) is 0 Å². The number of carbonyl (C=O) groups excluding carboxylic acids is 3. The maximum Gasteiger partial charge on any atom is 0.306 e. The third-order valence-corrected chi connectivity index (χ3v) is 13.6.